The van der Waals surface area contributed by atoms with Gasteiger partial charge in [-0.3, -0.25) is 14.4 Å². The van der Waals surface area contributed by atoms with Crippen molar-refractivity contribution in [1.82, 2.24) is 16.0 Å². The number of nitrogens with one attached hydrogen (secondary N) is 3. The topological polar surface area (TPSA) is 160 Å². The maximum atomic E-state index is 13.1. The number of hydrogen-bond acceptors (Lipinski definition) is 6. The minimum Gasteiger partial charge on any atom is -0.445 e. The highest BCUT2D eigenvalue weighted by atomic mass is 16.5. The lowest BCUT2D eigenvalue weighted by Crippen LogP contribution is -2.53. The van der Waals surface area contributed by atoms with E-state index in [2.05, 4.69) is 16.0 Å². The number of carbonyl (C=O) groups excluding carboxylic acids is 4. The Bertz CT molecular complexity index is 1110. The van der Waals surface area contributed by atoms with Crippen molar-refractivity contribution in [1.29, 1.82) is 0 Å². The molecule has 0 aromatic heterocycles. The average molecular weight is 569 g/mol. The van der Waals surface area contributed by atoms with Gasteiger partial charge in [0, 0.05) is 5.92 Å². The molecule has 4 amide bonds. The van der Waals surface area contributed by atoms with Crippen LogP contribution in [0.5, 0.6) is 0 Å². The maximum absolute atomic E-state index is 13.1. The molecule has 2 aromatic rings. The van der Waals surface area contributed by atoms with Crippen LogP contribution in [-0.2, 0) is 32.1 Å². The van der Waals surface area contributed by atoms with Crippen molar-refractivity contribution in [2.24, 2.45) is 17.6 Å². The number of nitrogens with two attached hydrogens (primary N) is 1. The summed E-state index contributed by atoms with van der Waals surface area (Å²) in [6.07, 6.45) is -0.327. The van der Waals surface area contributed by atoms with E-state index in [-0.39, 0.29) is 24.9 Å². The number of aliphatic hydroxyl groups excluding tert-OH is 1. The summed E-state index contributed by atoms with van der Waals surface area (Å²) < 4.78 is 5.21. The number of benzene rings is 2. The van der Waals surface area contributed by atoms with Crippen molar-refractivity contribution in [3.05, 3.63) is 71.8 Å². The fraction of sp³-hybridized carbons (Fsp3) is 0.484. The monoisotopic (exact) mass is 568 g/mol. The molecular weight excluding hydrogens is 524 g/mol. The van der Waals surface area contributed by atoms with Crippen molar-refractivity contribution in [3.8, 4) is 0 Å². The van der Waals surface area contributed by atoms with Crippen LogP contribution in [0.2, 0.25) is 0 Å². The molecule has 0 fully saturated rings. The zero-order valence-corrected chi connectivity index (χ0v) is 24.3. The molecule has 0 saturated heterocycles. The normalized spacial score (nSPS) is 14.7. The number of ether oxygens (including phenoxy) is 1. The molecule has 0 radical (unpaired) electrons. The Balaban J connectivity index is 2.09. The third kappa shape index (κ3) is 11.6. The van der Waals surface area contributed by atoms with Gasteiger partial charge in [0.2, 0.25) is 17.7 Å². The number of hydrogen-bond donors (Lipinski definition) is 5. The summed E-state index contributed by atoms with van der Waals surface area (Å²) >= 11 is 0. The summed E-state index contributed by atoms with van der Waals surface area (Å²) in [5, 5.41) is 19.4. The van der Waals surface area contributed by atoms with E-state index in [0.717, 1.165) is 11.1 Å². The molecule has 0 aliphatic rings. The van der Waals surface area contributed by atoms with Gasteiger partial charge in [0.1, 0.15) is 18.7 Å². The summed E-state index contributed by atoms with van der Waals surface area (Å²) in [7, 11) is 0. The van der Waals surface area contributed by atoms with Crippen LogP contribution >= 0.6 is 0 Å². The van der Waals surface area contributed by atoms with Crippen LogP contribution in [0, 0.1) is 11.8 Å². The molecule has 0 bridgehead atoms. The molecule has 0 saturated carbocycles. The average Bonchev–Trinajstić information content (AvgIpc) is 2.94. The first kappa shape index (κ1) is 33.3. The van der Waals surface area contributed by atoms with Gasteiger partial charge in [0.05, 0.1) is 12.1 Å². The highest BCUT2D eigenvalue weighted by Gasteiger charge is 2.31. The summed E-state index contributed by atoms with van der Waals surface area (Å²) in [4.78, 5) is 50.3. The number of primary amides is 1. The van der Waals surface area contributed by atoms with Crippen LogP contribution in [0.4, 0.5) is 4.79 Å². The third-order valence-electron chi connectivity index (χ3n) is 6.84. The highest BCUT2D eigenvalue weighted by molar-refractivity contribution is 5.88. The number of aliphatic hydroxyl groups is 1. The van der Waals surface area contributed by atoms with Crippen molar-refractivity contribution >= 4 is 23.8 Å². The van der Waals surface area contributed by atoms with Crippen molar-refractivity contribution in [3.63, 3.8) is 0 Å². The molecule has 224 valence electrons. The van der Waals surface area contributed by atoms with E-state index in [1.165, 1.54) is 6.92 Å². The van der Waals surface area contributed by atoms with Gasteiger partial charge in [-0.1, -0.05) is 87.9 Å². The summed E-state index contributed by atoms with van der Waals surface area (Å²) in [5.41, 5.74) is 7.16. The van der Waals surface area contributed by atoms with E-state index >= 15 is 0 Å². The molecule has 41 heavy (non-hydrogen) atoms. The first-order valence-corrected chi connectivity index (χ1v) is 14.1. The molecule has 0 aliphatic carbocycles. The molecule has 10 nitrogen and oxygen atoms in total. The lowest BCUT2D eigenvalue weighted by atomic mass is 9.89. The second-order valence-electron chi connectivity index (χ2n) is 10.7. The van der Waals surface area contributed by atoms with Crippen LogP contribution in [-0.4, -0.2) is 53.2 Å². The zero-order valence-electron chi connectivity index (χ0n) is 24.3. The van der Waals surface area contributed by atoms with Gasteiger partial charge in [-0.05, 0) is 43.2 Å². The zero-order chi connectivity index (χ0) is 30.4. The Kier molecular flexibility index (Phi) is 13.8. The quantitative estimate of drug-likeness (QED) is 0.209. The predicted molar refractivity (Wildman–Crippen MR) is 156 cm³/mol. The molecule has 10 heteroatoms. The molecule has 0 spiro atoms. The minimum atomic E-state index is -1.09. The van der Waals surface area contributed by atoms with Crippen molar-refractivity contribution < 1.29 is 29.0 Å². The molecule has 5 atom stereocenters. The molecule has 2 aromatic carbocycles. The van der Waals surface area contributed by atoms with E-state index in [1.807, 2.05) is 67.6 Å². The molecule has 0 heterocycles. The summed E-state index contributed by atoms with van der Waals surface area (Å²) in [5.74, 6) is -2.30. The van der Waals surface area contributed by atoms with Gasteiger partial charge in [0.25, 0.3) is 0 Å². The maximum Gasteiger partial charge on any atom is 0.408 e. The van der Waals surface area contributed by atoms with Crippen LogP contribution in [0.25, 0.3) is 0 Å². The number of alkyl carbamates (subject to hydrolysis) is 1. The SMILES string of the molecule is CCCC(CC(O)C(Cc1ccccc1)NC(=O)[C@H](C)NC(=O)OCc1ccccc1)C(=O)N[C@H](C(N)=O)C(C)C. The molecule has 3 unspecified atom stereocenters. The molecule has 0 aliphatic heterocycles. The van der Waals surface area contributed by atoms with Crippen LogP contribution < -0.4 is 21.7 Å². The fourth-order valence-corrected chi connectivity index (χ4v) is 4.46. The van der Waals surface area contributed by atoms with Gasteiger partial charge in [-0.2, -0.15) is 0 Å². The Morgan fingerprint density at radius 2 is 1.44 bits per heavy atom. The fourth-order valence-electron chi connectivity index (χ4n) is 4.46. The standard InChI is InChI=1S/C31H44N4O6/c1-5-12-24(30(39)35-27(20(2)3)28(32)37)18-26(36)25(17-22-13-8-6-9-14-22)34-29(38)21(4)33-31(40)41-19-23-15-10-7-11-16-23/h6-11,13-16,20-21,24-27,36H,5,12,17-19H2,1-4H3,(H2,32,37)(H,33,40)(H,34,38)(H,35,39)/t21-,24?,25?,26?,27-/m0/s1. The number of rotatable bonds is 16. The van der Waals surface area contributed by atoms with Gasteiger partial charge in [-0.25, -0.2) is 4.79 Å². The van der Waals surface area contributed by atoms with E-state index in [0.29, 0.717) is 19.3 Å². The Hall–Kier alpha value is -3.92. The summed E-state index contributed by atoms with van der Waals surface area (Å²) in [6, 6.07) is 16.0. The van der Waals surface area contributed by atoms with Crippen molar-refractivity contribution in [2.75, 3.05) is 0 Å². The number of carbonyl (C=O) groups is 4. The predicted octanol–water partition coefficient (Wildman–Crippen LogP) is 2.82. The molecule has 2 rings (SSSR count). The van der Waals surface area contributed by atoms with Crippen LogP contribution in [0.15, 0.2) is 60.7 Å². The largest absolute Gasteiger partial charge is 0.445 e. The lowest BCUT2D eigenvalue weighted by Gasteiger charge is -2.29. The van der Waals surface area contributed by atoms with E-state index < -0.39 is 48.1 Å². The van der Waals surface area contributed by atoms with Crippen LogP contribution in [0.3, 0.4) is 0 Å². The second-order valence-corrected chi connectivity index (χ2v) is 10.7. The first-order chi connectivity index (χ1) is 19.5. The minimum absolute atomic E-state index is 0.0575. The van der Waals surface area contributed by atoms with Gasteiger partial charge in [0.15, 0.2) is 0 Å². The Morgan fingerprint density at radius 1 is 0.854 bits per heavy atom. The van der Waals surface area contributed by atoms with Crippen LogP contribution in [0.1, 0.15) is 58.1 Å². The first-order valence-electron chi connectivity index (χ1n) is 14.1. The highest BCUT2D eigenvalue weighted by Crippen LogP contribution is 2.19. The summed E-state index contributed by atoms with van der Waals surface area (Å²) in [6.45, 7) is 7.09. The molecular formula is C31H44N4O6. The smallest absolute Gasteiger partial charge is 0.408 e. The van der Waals surface area contributed by atoms with Crippen molar-refractivity contribution in [2.45, 2.75) is 84.2 Å². The van der Waals surface area contributed by atoms with Gasteiger partial charge in [-0.15, -0.1) is 0 Å². The Morgan fingerprint density at radius 3 is 1.98 bits per heavy atom. The number of amides is 4. The van der Waals surface area contributed by atoms with Gasteiger partial charge >= 0.3 is 6.09 Å². The van der Waals surface area contributed by atoms with E-state index in [9.17, 15) is 24.3 Å². The van der Waals surface area contributed by atoms with Gasteiger partial charge < -0.3 is 31.5 Å². The third-order valence-corrected chi connectivity index (χ3v) is 6.84. The second kappa shape index (κ2) is 17.0. The van der Waals surface area contributed by atoms with E-state index in [4.69, 9.17) is 10.5 Å². The molecule has 6 N–H and O–H groups in total. The Labute approximate surface area is 242 Å². The lowest BCUT2D eigenvalue weighted by molar-refractivity contribution is -0.132. The van der Waals surface area contributed by atoms with E-state index in [1.54, 1.807) is 13.8 Å².